The molecule has 1 atom stereocenters. The van der Waals surface area contributed by atoms with E-state index in [0.29, 0.717) is 12.2 Å². The predicted octanol–water partition coefficient (Wildman–Crippen LogP) is 1.91. The number of esters is 1. The minimum Gasteiger partial charge on any atom is -0.465 e. The molecule has 6 nitrogen and oxygen atoms in total. The highest BCUT2D eigenvalue weighted by molar-refractivity contribution is 5.89. The maximum Gasteiger partial charge on any atom is 0.407 e. The summed E-state index contributed by atoms with van der Waals surface area (Å²) >= 11 is 0. The van der Waals surface area contributed by atoms with Gasteiger partial charge in [-0.15, -0.1) is 0 Å². The molecule has 0 saturated heterocycles. The van der Waals surface area contributed by atoms with Crippen molar-refractivity contribution in [1.29, 1.82) is 0 Å². The van der Waals surface area contributed by atoms with Gasteiger partial charge in [0.1, 0.15) is 0 Å². The Hall–Kier alpha value is -2.08. The second-order valence-electron chi connectivity index (χ2n) is 3.94. The van der Waals surface area contributed by atoms with Gasteiger partial charge in [0.25, 0.3) is 0 Å². The molecule has 6 heteroatoms. The normalized spacial score (nSPS) is 11.6. The van der Waals surface area contributed by atoms with E-state index in [0.717, 1.165) is 5.56 Å². The van der Waals surface area contributed by atoms with Gasteiger partial charge in [-0.05, 0) is 24.6 Å². The van der Waals surface area contributed by atoms with Crippen LogP contribution in [0.1, 0.15) is 28.9 Å². The standard InChI is InChI=1S/C14H19NO5/c1-4-20-14(17)15-9-12(18-2)10-5-7-11(8-6-10)13(16)19-3/h5-8,12H,4,9H2,1-3H3,(H,15,17). The summed E-state index contributed by atoms with van der Waals surface area (Å²) in [5, 5.41) is 2.60. The second kappa shape index (κ2) is 8.16. The van der Waals surface area contributed by atoms with Crippen molar-refractivity contribution in [2.45, 2.75) is 13.0 Å². The number of alkyl carbamates (subject to hydrolysis) is 1. The van der Waals surface area contributed by atoms with Crippen molar-refractivity contribution in [3.05, 3.63) is 35.4 Å². The van der Waals surface area contributed by atoms with Crippen molar-refractivity contribution in [3.8, 4) is 0 Å². The van der Waals surface area contributed by atoms with Gasteiger partial charge in [-0.3, -0.25) is 0 Å². The van der Waals surface area contributed by atoms with Crippen LogP contribution in [-0.2, 0) is 14.2 Å². The van der Waals surface area contributed by atoms with Crippen molar-refractivity contribution in [2.24, 2.45) is 0 Å². The van der Waals surface area contributed by atoms with Crippen LogP contribution in [0.3, 0.4) is 0 Å². The zero-order valence-corrected chi connectivity index (χ0v) is 11.8. The molecule has 0 aliphatic rings. The first-order valence-corrected chi connectivity index (χ1v) is 6.24. The van der Waals surface area contributed by atoms with Crippen LogP contribution in [-0.4, -0.2) is 39.4 Å². The van der Waals surface area contributed by atoms with Gasteiger partial charge in [0, 0.05) is 7.11 Å². The van der Waals surface area contributed by atoms with E-state index in [2.05, 4.69) is 10.1 Å². The Bertz CT molecular complexity index is 443. The number of ether oxygens (including phenoxy) is 3. The molecule has 0 aliphatic heterocycles. The Balaban J connectivity index is 2.65. The van der Waals surface area contributed by atoms with Crippen molar-refractivity contribution in [1.82, 2.24) is 5.32 Å². The molecule has 0 saturated carbocycles. The molecule has 20 heavy (non-hydrogen) atoms. The first-order valence-electron chi connectivity index (χ1n) is 6.24. The van der Waals surface area contributed by atoms with E-state index in [1.54, 1.807) is 38.3 Å². The maximum atomic E-state index is 11.3. The molecule has 0 spiro atoms. The highest BCUT2D eigenvalue weighted by Crippen LogP contribution is 2.17. The average Bonchev–Trinajstić information content (AvgIpc) is 2.48. The summed E-state index contributed by atoms with van der Waals surface area (Å²) in [6.45, 7) is 2.34. The number of nitrogens with one attached hydrogen (secondary N) is 1. The molecular weight excluding hydrogens is 262 g/mol. The summed E-state index contributed by atoms with van der Waals surface area (Å²) < 4.78 is 14.7. The van der Waals surface area contributed by atoms with Gasteiger partial charge < -0.3 is 19.5 Å². The number of carbonyl (C=O) groups is 2. The second-order valence-corrected chi connectivity index (χ2v) is 3.94. The van der Waals surface area contributed by atoms with Crippen molar-refractivity contribution in [2.75, 3.05) is 27.4 Å². The smallest absolute Gasteiger partial charge is 0.407 e. The molecule has 0 fully saturated rings. The Morgan fingerprint density at radius 2 is 1.85 bits per heavy atom. The third-order valence-corrected chi connectivity index (χ3v) is 2.70. The number of carbonyl (C=O) groups excluding carboxylic acids is 2. The molecule has 1 rings (SSSR count). The zero-order chi connectivity index (χ0) is 15.0. The molecule has 1 aromatic rings. The molecule has 0 aromatic heterocycles. The summed E-state index contributed by atoms with van der Waals surface area (Å²) in [6.07, 6.45) is -0.799. The molecule has 0 radical (unpaired) electrons. The Labute approximate surface area is 118 Å². The first kappa shape index (κ1) is 16.0. The lowest BCUT2D eigenvalue weighted by molar-refractivity contribution is 0.0600. The fraction of sp³-hybridized carbons (Fsp3) is 0.429. The van der Waals surface area contributed by atoms with E-state index >= 15 is 0 Å². The molecule has 110 valence electrons. The van der Waals surface area contributed by atoms with Gasteiger partial charge in [-0.25, -0.2) is 9.59 Å². The predicted molar refractivity (Wildman–Crippen MR) is 72.6 cm³/mol. The minimum absolute atomic E-state index is 0.285. The van der Waals surface area contributed by atoms with E-state index in [-0.39, 0.29) is 12.6 Å². The van der Waals surface area contributed by atoms with Crippen molar-refractivity contribution < 1.29 is 23.8 Å². The molecule has 1 aromatic carbocycles. The third-order valence-electron chi connectivity index (χ3n) is 2.70. The monoisotopic (exact) mass is 281 g/mol. The highest BCUT2D eigenvalue weighted by atomic mass is 16.5. The fourth-order valence-corrected chi connectivity index (χ4v) is 1.65. The summed E-state index contributed by atoms with van der Waals surface area (Å²) in [5.41, 5.74) is 1.31. The first-order chi connectivity index (χ1) is 9.62. The molecule has 1 unspecified atom stereocenters. The lowest BCUT2D eigenvalue weighted by Crippen LogP contribution is -2.29. The quantitative estimate of drug-likeness (QED) is 0.806. The maximum absolute atomic E-state index is 11.3. The lowest BCUT2D eigenvalue weighted by atomic mass is 10.1. The number of rotatable bonds is 6. The lowest BCUT2D eigenvalue weighted by Gasteiger charge is -2.16. The summed E-state index contributed by atoms with van der Waals surface area (Å²) in [6, 6.07) is 6.82. The molecule has 0 heterocycles. The average molecular weight is 281 g/mol. The number of amides is 1. The van der Waals surface area contributed by atoms with Gasteiger partial charge in [0.15, 0.2) is 0 Å². The van der Waals surface area contributed by atoms with E-state index in [1.807, 2.05) is 0 Å². The third kappa shape index (κ3) is 4.55. The van der Waals surface area contributed by atoms with E-state index in [1.165, 1.54) is 7.11 Å². The van der Waals surface area contributed by atoms with Gasteiger partial charge in [-0.1, -0.05) is 12.1 Å². The van der Waals surface area contributed by atoms with Gasteiger partial charge in [-0.2, -0.15) is 0 Å². The van der Waals surface area contributed by atoms with Crippen LogP contribution in [0.4, 0.5) is 4.79 Å². The van der Waals surface area contributed by atoms with Crippen LogP contribution in [0.2, 0.25) is 0 Å². The molecule has 1 N–H and O–H groups in total. The fourth-order valence-electron chi connectivity index (χ4n) is 1.65. The molecule has 1 amide bonds. The number of benzene rings is 1. The van der Waals surface area contributed by atoms with Crippen LogP contribution >= 0.6 is 0 Å². The number of hydrogen-bond donors (Lipinski definition) is 1. The largest absolute Gasteiger partial charge is 0.465 e. The van der Waals surface area contributed by atoms with Crippen molar-refractivity contribution in [3.63, 3.8) is 0 Å². The zero-order valence-electron chi connectivity index (χ0n) is 11.8. The Kier molecular flexibility index (Phi) is 6.52. The molecular formula is C14H19NO5. The Morgan fingerprint density at radius 3 is 2.35 bits per heavy atom. The summed E-state index contributed by atoms with van der Waals surface area (Å²) in [5.74, 6) is -0.393. The SMILES string of the molecule is CCOC(=O)NCC(OC)c1ccc(C(=O)OC)cc1. The van der Waals surface area contributed by atoms with Crippen LogP contribution in [0.15, 0.2) is 24.3 Å². The summed E-state index contributed by atoms with van der Waals surface area (Å²) in [4.78, 5) is 22.6. The van der Waals surface area contributed by atoms with Gasteiger partial charge >= 0.3 is 12.1 Å². The van der Waals surface area contributed by atoms with Crippen LogP contribution < -0.4 is 5.32 Å². The van der Waals surface area contributed by atoms with Gasteiger partial charge in [0.2, 0.25) is 0 Å². The topological polar surface area (TPSA) is 73.9 Å². The highest BCUT2D eigenvalue weighted by Gasteiger charge is 2.13. The van der Waals surface area contributed by atoms with Crippen LogP contribution in [0.5, 0.6) is 0 Å². The van der Waals surface area contributed by atoms with Gasteiger partial charge in [0.05, 0.1) is 31.9 Å². The van der Waals surface area contributed by atoms with E-state index in [9.17, 15) is 9.59 Å². The van der Waals surface area contributed by atoms with Crippen LogP contribution in [0, 0.1) is 0 Å². The number of methoxy groups -OCH3 is 2. The number of hydrogen-bond acceptors (Lipinski definition) is 5. The molecule has 0 bridgehead atoms. The molecule has 0 aliphatic carbocycles. The van der Waals surface area contributed by atoms with E-state index in [4.69, 9.17) is 9.47 Å². The Morgan fingerprint density at radius 1 is 1.20 bits per heavy atom. The van der Waals surface area contributed by atoms with Crippen LogP contribution in [0.25, 0.3) is 0 Å². The summed E-state index contributed by atoms with van der Waals surface area (Å²) in [7, 11) is 2.88. The minimum atomic E-state index is -0.485. The van der Waals surface area contributed by atoms with Crippen molar-refractivity contribution >= 4 is 12.1 Å². The van der Waals surface area contributed by atoms with E-state index < -0.39 is 12.1 Å².